The Morgan fingerprint density at radius 2 is 2.09 bits per heavy atom. The van der Waals surface area contributed by atoms with Crippen LogP contribution in [0.3, 0.4) is 0 Å². The van der Waals surface area contributed by atoms with E-state index < -0.39 is 0 Å². The Labute approximate surface area is 138 Å². The summed E-state index contributed by atoms with van der Waals surface area (Å²) in [7, 11) is 0. The third-order valence-electron chi connectivity index (χ3n) is 4.14. The summed E-state index contributed by atoms with van der Waals surface area (Å²) in [5.74, 6) is 0.920. The van der Waals surface area contributed by atoms with Crippen LogP contribution < -0.4 is 4.74 Å². The third-order valence-corrected chi connectivity index (χ3v) is 4.91. The number of aromatic nitrogens is 2. The SMILES string of the molecule is OCc1nc2c(OC[C@@H]3CCCC[C@H]3O)c(Cl)c(Cl)cc2[nH]1. The van der Waals surface area contributed by atoms with Crippen LogP contribution in [0.2, 0.25) is 10.0 Å². The van der Waals surface area contributed by atoms with Gasteiger partial charge in [-0.15, -0.1) is 0 Å². The number of hydrogen-bond donors (Lipinski definition) is 3. The second kappa shape index (κ2) is 6.62. The number of aliphatic hydroxyl groups is 2. The lowest BCUT2D eigenvalue weighted by atomic mass is 9.87. The lowest BCUT2D eigenvalue weighted by Gasteiger charge is -2.27. The molecule has 0 saturated heterocycles. The normalized spacial score (nSPS) is 22.2. The lowest BCUT2D eigenvalue weighted by molar-refractivity contribution is 0.0425. The van der Waals surface area contributed by atoms with Crippen molar-refractivity contribution in [1.82, 2.24) is 9.97 Å². The molecule has 7 heteroatoms. The van der Waals surface area contributed by atoms with Crippen molar-refractivity contribution in [3.63, 3.8) is 0 Å². The fourth-order valence-electron chi connectivity index (χ4n) is 2.90. The molecule has 0 aliphatic heterocycles. The summed E-state index contributed by atoms with van der Waals surface area (Å²) < 4.78 is 5.86. The van der Waals surface area contributed by atoms with Gasteiger partial charge in [0.2, 0.25) is 0 Å². The second-order valence-electron chi connectivity index (χ2n) is 5.66. The Balaban J connectivity index is 1.88. The van der Waals surface area contributed by atoms with Crippen molar-refractivity contribution in [1.29, 1.82) is 0 Å². The van der Waals surface area contributed by atoms with Crippen LogP contribution >= 0.6 is 23.2 Å². The summed E-state index contributed by atoms with van der Waals surface area (Å²) in [6.45, 7) is 0.169. The highest BCUT2D eigenvalue weighted by atomic mass is 35.5. The number of halogens is 2. The number of rotatable bonds is 4. The summed E-state index contributed by atoms with van der Waals surface area (Å²) in [4.78, 5) is 7.25. The number of nitrogens with zero attached hydrogens (tertiary/aromatic N) is 1. The van der Waals surface area contributed by atoms with Gasteiger partial charge in [0.25, 0.3) is 0 Å². The number of nitrogens with one attached hydrogen (secondary N) is 1. The molecule has 0 unspecified atom stereocenters. The van der Waals surface area contributed by atoms with Gasteiger partial charge in [0, 0.05) is 5.92 Å². The van der Waals surface area contributed by atoms with E-state index in [9.17, 15) is 10.2 Å². The Morgan fingerprint density at radius 1 is 1.32 bits per heavy atom. The van der Waals surface area contributed by atoms with E-state index in [2.05, 4.69) is 9.97 Å². The van der Waals surface area contributed by atoms with Gasteiger partial charge in [0.15, 0.2) is 5.75 Å². The van der Waals surface area contributed by atoms with Gasteiger partial charge >= 0.3 is 0 Å². The van der Waals surface area contributed by atoms with Crippen molar-refractivity contribution in [3.05, 3.63) is 21.9 Å². The van der Waals surface area contributed by atoms with Crippen molar-refractivity contribution in [3.8, 4) is 5.75 Å². The molecule has 1 aromatic heterocycles. The van der Waals surface area contributed by atoms with Crippen molar-refractivity contribution in [2.45, 2.75) is 38.4 Å². The van der Waals surface area contributed by atoms with E-state index in [1.165, 1.54) is 0 Å². The molecule has 2 aromatic rings. The molecular formula is C15H18Cl2N2O3. The molecule has 1 aliphatic carbocycles. The monoisotopic (exact) mass is 344 g/mol. The summed E-state index contributed by atoms with van der Waals surface area (Å²) >= 11 is 12.4. The van der Waals surface area contributed by atoms with E-state index in [1.54, 1.807) is 6.07 Å². The first kappa shape index (κ1) is 15.9. The van der Waals surface area contributed by atoms with E-state index in [1.807, 2.05) is 0 Å². The summed E-state index contributed by atoms with van der Waals surface area (Å²) in [5, 5.41) is 19.9. The zero-order valence-corrected chi connectivity index (χ0v) is 13.5. The third kappa shape index (κ3) is 3.04. The van der Waals surface area contributed by atoms with E-state index in [-0.39, 0.29) is 18.6 Å². The van der Waals surface area contributed by atoms with Crippen LogP contribution in [0.15, 0.2) is 6.07 Å². The molecule has 120 valence electrons. The minimum absolute atomic E-state index is 0.0927. The number of fused-ring (bicyclic) bond motifs is 1. The highest BCUT2D eigenvalue weighted by molar-refractivity contribution is 6.44. The fraction of sp³-hybridized carbons (Fsp3) is 0.533. The van der Waals surface area contributed by atoms with Gasteiger partial charge in [-0.2, -0.15) is 0 Å². The number of imidazole rings is 1. The maximum absolute atomic E-state index is 10.0. The van der Waals surface area contributed by atoms with Gasteiger partial charge in [0.1, 0.15) is 23.0 Å². The van der Waals surface area contributed by atoms with Crippen LogP contribution in [0.5, 0.6) is 5.75 Å². The number of hydrogen-bond acceptors (Lipinski definition) is 4. The van der Waals surface area contributed by atoms with E-state index in [4.69, 9.17) is 27.9 Å². The van der Waals surface area contributed by atoms with Crippen LogP contribution in [0.4, 0.5) is 0 Å². The van der Waals surface area contributed by atoms with Gasteiger partial charge in [-0.1, -0.05) is 36.0 Å². The number of aliphatic hydroxyl groups excluding tert-OH is 2. The average molecular weight is 345 g/mol. The summed E-state index contributed by atoms with van der Waals surface area (Å²) in [6, 6.07) is 1.66. The minimum Gasteiger partial charge on any atom is -0.489 e. The van der Waals surface area contributed by atoms with Crippen LogP contribution in [0.25, 0.3) is 11.0 Å². The first-order valence-electron chi connectivity index (χ1n) is 7.38. The topological polar surface area (TPSA) is 78.4 Å². The molecule has 1 aliphatic rings. The molecule has 0 spiro atoms. The lowest BCUT2D eigenvalue weighted by Crippen LogP contribution is -2.29. The maximum Gasteiger partial charge on any atom is 0.167 e. The quantitative estimate of drug-likeness (QED) is 0.795. The summed E-state index contributed by atoms with van der Waals surface area (Å²) in [5.41, 5.74) is 1.21. The van der Waals surface area contributed by atoms with Gasteiger partial charge in [-0.05, 0) is 18.9 Å². The van der Waals surface area contributed by atoms with Crippen LogP contribution in [-0.4, -0.2) is 32.9 Å². The van der Waals surface area contributed by atoms with Crippen LogP contribution in [-0.2, 0) is 6.61 Å². The first-order valence-corrected chi connectivity index (χ1v) is 8.14. The molecule has 1 fully saturated rings. The predicted molar refractivity (Wildman–Crippen MR) is 85.5 cm³/mol. The van der Waals surface area contributed by atoms with Crippen molar-refractivity contribution >= 4 is 34.2 Å². The molecule has 1 heterocycles. The molecule has 1 saturated carbocycles. The number of aromatic amines is 1. The molecule has 3 rings (SSSR count). The van der Waals surface area contributed by atoms with Gasteiger partial charge in [-0.3, -0.25) is 0 Å². The second-order valence-corrected chi connectivity index (χ2v) is 6.45. The summed E-state index contributed by atoms with van der Waals surface area (Å²) in [6.07, 6.45) is 3.56. The molecule has 22 heavy (non-hydrogen) atoms. The minimum atomic E-state index is -0.339. The van der Waals surface area contributed by atoms with Crippen molar-refractivity contribution in [2.24, 2.45) is 5.92 Å². The molecule has 3 N–H and O–H groups in total. The largest absolute Gasteiger partial charge is 0.489 e. The maximum atomic E-state index is 10.0. The highest BCUT2D eigenvalue weighted by Crippen LogP contribution is 2.39. The zero-order chi connectivity index (χ0) is 15.7. The van der Waals surface area contributed by atoms with Crippen molar-refractivity contribution in [2.75, 3.05) is 6.61 Å². The molecule has 0 bridgehead atoms. The molecule has 1 aromatic carbocycles. The van der Waals surface area contributed by atoms with Crippen molar-refractivity contribution < 1.29 is 14.9 Å². The number of benzene rings is 1. The van der Waals surface area contributed by atoms with Gasteiger partial charge in [-0.25, -0.2) is 4.98 Å². The molecule has 5 nitrogen and oxygen atoms in total. The van der Waals surface area contributed by atoms with Crippen LogP contribution in [0, 0.1) is 5.92 Å². The Kier molecular flexibility index (Phi) is 4.78. The van der Waals surface area contributed by atoms with Gasteiger partial charge < -0.3 is 19.9 Å². The molecular weight excluding hydrogens is 327 g/mol. The molecule has 0 amide bonds. The smallest absolute Gasteiger partial charge is 0.167 e. The standard InChI is InChI=1S/C15H18Cl2N2O3/c16-9-5-10-14(19-12(6-20)18-10)15(13(9)17)22-7-8-3-1-2-4-11(8)21/h5,8,11,20-21H,1-4,6-7H2,(H,18,19)/t8-,11+/m0/s1. The van der Waals surface area contributed by atoms with E-state index in [0.29, 0.717) is 39.3 Å². The van der Waals surface area contributed by atoms with E-state index in [0.717, 1.165) is 25.7 Å². The zero-order valence-electron chi connectivity index (χ0n) is 12.0. The van der Waals surface area contributed by atoms with E-state index >= 15 is 0 Å². The Bertz CT molecular complexity index is 674. The van der Waals surface area contributed by atoms with Gasteiger partial charge in [0.05, 0.1) is 23.3 Å². The predicted octanol–water partition coefficient (Wildman–Crippen LogP) is 3.29. The molecule has 0 radical (unpaired) electrons. The Hall–Kier alpha value is -1.01. The highest BCUT2D eigenvalue weighted by Gasteiger charge is 2.25. The number of ether oxygens (including phenoxy) is 1. The fourth-order valence-corrected chi connectivity index (χ4v) is 3.29. The van der Waals surface area contributed by atoms with Crippen LogP contribution in [0.1, 0.15) is 31.5 Å². The Morgan fingerprint density at radius 3 is 2.82 bits per heavy atom. The first-order chi connectivity index (χ1) is 10.6. The number of H-pyrrole nitrogens is 1. The molecule has 2 atom stereocenters. The average Bonchev–Trinajstić information content (AvgIpc) is 2.92.